The van der Waals surface area contributed by atoms with E-state index >= 15 is 0 Å². The van der Waals surface area contributed by atoms with Crippen molar-refractivity contribution >= 4 is 94.5 Å². The first-order chi connectivity index (χ1) is 77.0. The summed E-state index contributed by atoms with van der Waals surface area (Å²) in [5, 5.41) is 7.35. The fourth-order valence-corrected chi connectivity index (χ4v) is 23.3. The van der Waals surface area contributed by atoms with Gasteiger partial charge in [0.15, 0.2) is 52.4 Å². The highest BCUT2D eigenvalue weighted by atomic mass is 32.1. The summed E-state index contributed by atoms with van der Waals surface area (Å²) >= 11 is 5.45. The minimum absolute atomic E-state index is 0.0707. The van der Waals surface area contributed by atoms with Crippen LogP contribution in [0.15, 0.2) is 521 Å². The SMILES string of the molecule is [2H]c1c([2H])c([2H])c(-c2nc(-c3cccc(-c4cccc5c4sc4c(-c6ccc(-c7ccccc7)cc6)cccc45)c3)nc(-c3c([2H])c([2H])c([2H])c(C)c3[2H])n2)c([2H])c1[2H].c1ccc(-c2ccc(-c3cccc4c3sc3c(-c5ccc(-c6nc(-c7ccccc7)nc(-c7ccccc7)n6)cc5)cccc34)cc2)cc1.c1ccc(-c2ccc(-c3cccc4c3sc3c(-c5cccc(-c6nc(-c7ccccc7)nc(-c7ccccc7)n6)c5)cccc34)cc2)cc1. The molecule has 21 aromatic carbocycles. The zero-order chi connectivity index (χ0) is 106. The molecule has 27 rings (SSSR count). The molecule has 0 aliphatic heterocycles. The molecule has 0 aliphatic carbocycles. The molecule has 0 N–H and O–H groups in total. The summed E-state index contributed by atoms with van der Waals surface area (Å²) in [6.07, 6.45) is 0. The van der Waals surface area contributed by atoms with Crippen molar-refractivity contribution < 1.29 is 12.3 Å². The monoisotopic (exact) mass is 1950 g/mol. The molecule has 0 saturated heterocycles. The Balaban J connectivity index is 0.000000121. The third-order valence-electron chi connectivity index (χ3n) is 26.5. The van der Waals surface area contributed by atoms with Gasteiger partial charge in [0.1, 0.15) is 0 Å². The van der Waals surface area contributed by atoms with Crippen LogP contribution in [0.5, 0.6) is 0 Å². The highest BCUT2D eigenvalue weighted by Gasteiger charge is 2.24. The maximum Gasteiger partial charge on any atom is 0.164 e. The Labute approximate surface area is 882 Å². The number of thiophene rings is 3. The Morgan fingerprint density at radius 3 is 0.615 bits per heavy atom. The molecule has 148 heavy (non-hydrogen) atoms. The molecule has 0 unspecified atom stereocenters. The van der Waals surface area contributed by atoms with E-state index in [1.807, 2.05) is 186 Å². The Kier molecular flexibility index (Phi) is 22.2. The molecule has 696 valence electrons. The first kappa shape index (κ1) is 80.8. The van der Waals surface area contributed by atoms with Crippen LogP contribution in [0.4, 0.5) is 0 Å². The van der Waals surface area contributed by atoms with Gasteiger partial charge in [-0.25, -0.2) is 44.9 Å². The maximum atomic E-state index is 8.84. The number of fused-ring (bicyclic) bond motifs is 9. The van der Waals surface area contributed by atoms with Crippen molar-refractivity contribution in [2.45, 2.75) is 6.92 Å². The average Bonchev–Trinajstić information content (AvgIpc) is 1.74. The third-order valence-corrected chi connectivity index (χ3v) is 30.4. The van der Waals surface area contributed by atoms with Gasteiger partial charge in [0, 0.05) is 111 Å². The summed E-state index contributed by atoms with van der Waals surface area (Å²) in [5.74, 6) is 3.58. The zero-order valence-corrected chi connectivity index (χ0v) is 82.2. The smallest absolute Gasteiger partial charge is 0.164 e. The van der Waals surface area contributed by atoms with E-state index in [1.165, 1.54) is 103 Å². The average molecular weight is 1950 g/mol. The van der Waals surface area contributed by atoms with Gasteiger partial charge in [-0.3, -0.25) is 0 Å². The minimum atomic E-state index is -0.572. The topological polar surface area (TPSA) is 116 Å². The summed E-state index contributed by atoms with van der Waals surface area (Å²) in [6.45, 7) is 1.51. The Morgan fingerprint density at radius 2 is 0.338 bits per heavy atom. The normalized spacial score (nSPS) is 12.1. The van der Waals surface area contributed by atoms with Gasteiger partial charge in [-0.1, -0.05) is 509 Å². The molecule has 6 heterocycles. The van der Waals surface area contributed by atoms with Crippen LogP contribution < -0.4 is 0 Å². The van der Waals surface area contributed by atoms with Crippen molar-refractivity contribution in [3.05, 3.63) is 527 Å². The van der Waals surface area contributed by atoms with Crippen LogP contribution in [0.25, 0.3) is 263 Å². The molecule has 9 nitrogen and oxygen atoms in total. The summed E-state index contributed by atoms with van der Waals surface area (Å²) in [5.41, 5.74) is 27.0. The van der Waals surface area contributed by atoms with E-state index in [9.17, 15) is 0 Å². The predicted octanol–water partition coefficient (Wildman–Crippen LogP) is 37.0. The minimum Gasteiger partial charge on any atom is -0.208 e. The van der Waals surface area contributed by atoms with Crippen molar-refractivity contribution in [2.75, 3.05) is 0 Å². The van der Waals surface area contributed by atoms with Crippen LogP contribution in [0.1, 0.15) is 17.9 Å². The first-order valence-electron chi connectivity index (χ1n) is 53.3. The molecule has 6 aromatic heterocycles. The standard InChI is InChI=1S/C46H31N3S.2C45H29N3S/c1-30-12-8-18-36(28-30)45-47-44(34-15-6-3-7-16-34)48-46(49-45)37-19-9-17-35(29-37)39-21-11-23-41-40-22-10-20-38(42(40)50-43(39)41)33-26-24-32(25-27-33)31-13-4-2-5-14-31;1-4-13-30(14-5-1)31-25-27-32(28-26-31)37-21-11-23-39-40-24-12-22-38(42(40)49-41(37)39)35-19-10-20-36(29-35)45-47-43(33-15-6-2-7-16-33)46-44(48-45)34-17-8-3-9-18-34;1-4-12-30(13-5-1)31-22-24-32(25-23-31)37-18-10-20-39-40-21-11-19-38(42(40)49-41(37)39)33-26-28-36(29-27-33)45-47-43(34-14-6-2-7-15-34)46-44(48-45)35-16-8-3-9-17-35/h2-29H,1H3;2*1-29H/i3D,6D,7D,8D,12D,15D,16D,18D,28D;;. The summed E-state index contributed by atoms with van der Waals surface area (Å²) in [4.78, 5) is 43.4. The summed E-state index contributed by atoms with van der Waals surface area (Å²) in [6, 6.07) is 158. The molecular formula is C136H89N9S3. The number of hydrogen-bond donors (Lipinski definition) is 0. The molecule has 0 bridgehead atoms. The van der Waals surface area contributed by atoms with Crippen LogP contribution >= 0.6 is 34.0 Å². The maximum absolute atomic E-state index is 8.84. The highest BCUT2D eigenvalue weighted by Crippen LogP contribution is 2.50. The number of aromatic nitrogens is 9. The fourth-order valence-electron chi connectivity index (χ4n) is 19.2. The van der Waals surface area contributed by atoms with Crippen LogP contribution in [-0.4, -0.2) is 44.9 Å². The van der Waals surface area contributed by atoms with E-state index in [2.05, 4.69) is 307 Å². The summed E-state index contributed by atoms with van der Waals surface area (Å²) in [7, 11) is 0. The lowest BCUT2D eigenvalue weighted by Crippen LogP contribution is -2.00. The van der Waals surface area contributed by atoms with Gasteiger partial charge in [0.2, 0.25) is 0 Å². The summed E-state index contributed by atoms with van der Waals surface area (Å²) < 4.78 is 83.8. The fraction of sp³-hybridized carbons (Fsp3) is 0.00735. The van der Waals surface area contributed by atoms with Crippen LogP contribution in [0.2, 0.25) is 0 Å². The van der Waals surface area contributed by atoms with Crippen molar-refractivity contribution in [1.29, 1.82) is 0 Å². The van der Waals surface area contributed by atoms with Crippen molar-refractivity contribution in [1.82, 2.24) is 44.9 Å². The zero-order valence-electron chi connectivity index (χ0n) is 88.7. The van der Waals surface area contributed by atoms with Crippen LogP contribution in [0.3, 0.4) is 0 Å². The second-order valence-corrected chi connectivity index (χ2v) is 38.9. The lowest BCUT2D eigenvalue weighted by atomic mass is 9.98. The Bertz CT molecular complexity index is 9890. The van der Waals surface area contributed by atoms with Gasteiger partial charge in [-0.05, 0) is 125 Å². The van der Waals surface area contributed by atoms with Gasteiger partial charge in [-0.2, -0.15) is 0 Å². The van der Waals surface area contributed by atoms with Gasteiger partial charge in [-0.15, -0.1) is 34.0 Å². The second-order valence-electron chi connectivity index (χ2n) is 35.9. The second kappa shape index (κ2) is 40.6. The van der Waals surface area contributed by atoms with E-state index in [0.29, 0.717) is 40.5 Å². The van der Waals surface area contributed by atoms with Gasteiger partial charge < -0.3 is 0 Å². The Morgan fingerprint density at radius 1 is 0.149 bits per heavy atom. The number of benzene rings is 21. The van der Waals surface area contributed by atoms with Gasteiger partial charge in [0.05, 0.1) is 12.3 Å². The van der Waals surface area contributed by atoms with Crippen LogP contribution in [-0.2, 0) is 0 Å². The molecule has 0 radical (unpaired) electrons. The molecule has 27 aromatic rings. The van der Waals surface area contributed by atoms with E-state index in [1.54, 1.807) is 17.4 Å². The van der Waals surface area contributed by atoms with Gasteiger partial charge in [0.25, 0.3) is 0 Å². The van der Waals surface area contributed by atoms with Crippen molar-refractivity contribution in [2.24, 2.45) is 0 Å². The van der Waals surface area contributed by atoms with Crippen LogP contribution in [0, 0.1) is 6.92 Å². The largest absolute Gasteiger partial charge is 0.208 e. The molecule has 12 heteroatoms. The molecule has 0 atom stereocenters. The highest BCUT2D eigenvalue weighted by molar-refractivity contribution is 7.27. The molecule has 0 saturated carbocycles. The molecule has 0 spiro atoms. The van der Waals surface area contributed by atoms with E-state index in [-0.39, 0.29) is 46.2 Å². The number of nitrogens with zero attached hydrogens (tertiary/aromatic N) is 9. The van der Waals surface area contributed by atoms with Gasteiger partial charge >= 0.3 is 0 Å². The molecular weight excluding hydrogens is 1860 g/mol. The number of hydrogen-bond acceptors (Lipinski definition) is 12. The van der Waals surface area contributed by atoms with E-state index in [4.69, 9.17) is 47.2 Å². The quantitative estimate of drug-likeness (QED) is 0.0828. The third kappa shape index (κ3) is 18.5. The molecule has 0 amide bonds. The first-order valence-corrected chi connectivity index (χ1v) is 51.2. The van der Waals surface area contributed by atoms with Crippen molar-refractivity contribution in [3.8, 4) is 203 Å². The predicted molar refractivity (Wildman–Crippen MR) is 621 cm³/mol. The Hall–Kier alpha value is -18.7. The number of rotatable bonds is 18. The van der Waals surface area contributed by atoms with Crippen molar-refractivity contribution in [3.63, 3.8) is 0 Å². The molecule has 0 fully saturated rings. The lowest BCUT2D eigenvalue weighted by molar-refractivity contribution is 1.07. The molecule has 0 aliphatic rings. The lowest BCUT2D eigenvalue weighted by Gasteiger charge is -2.10. The van der Waals surface area contributed by atoms with E-state index in [0.717, 1.165) is 98.1 Å². The van der Waals surface area contributed by atoms with E-state index < -0.39 is 42.3 Å².